The van der Waals surface area contributed by atoms with Crippen LogP contribution in [0, 0.1) is 19.8 Å². The lowest BCUT2D eigenvalue weighted by atomic mass is 10.1. The number of benzene rings is 2. The average molecular weight is 435 g/mol. The molecular weight excluding hydrogens is 400 g/mol. The molecule has 2 aromatic rings. The Morgan fingerprint density at radius 1 is 1.00 bits per heavy atom. The van der Waals surface area contributed by atoms with Crippen LogP contribution < -0.4 is 15.1 Å². The maximum Gasteiger partial charge on any atom is 0.227 e. The third-order valence-corrected chi connectivity index (χ3v) is 6.81. The van der Waals surface area contributed by atoms with Gasteiger partial charge in [-0.25, -0.2) is 0 Å². The van der Waals surface area contributed by atoms with Gasteiger partial charge in [0.25, 0.3) is 0 Å². The molecule has 0 radical (unpaired) electrons. The van der Waals surface area contributed by atoms with Gasteiger partial charge < -0.3 is 15.1 Å². The number of nitrogens with zero attached hydrogens (tertiary/aromatic N) is 3. The van der Waals surface area contributed by atoms with Crippen LogP contribution in [0.1, 0.15) is 24.0 Å². The summed E-state index contributed by atoms with van der Waals surface area (Å²) in [6.07, 6.45) is 1.22. The van der Waals surface area contributed by atoms with Crippen molar-refractivity contribution in [3.05, 3.63) is 59.7 Å². The topological polar surface area (TPSA) is 55.9 Å². The Kier molecular flexibility index (Phi) is 7.10. The molecule has 6 nitrogen and oxygen atoms in total. The summed E-state index contributed by atoms with van der Waals surface area (Å²) in [5, 5.41) is 3.06. The van der Waals surface area contributed by atoms with E-state index in [0.717, 1.165) is 56.0 Å². The number of amides is 2. The molecule has 2 amide bonds. The molecule has 6 heteroatoms. The number of hydrogen-bond donors (Lipinski definition) is 1. The molecule has 0 bridgehead atoms. The third-order valence-electron chi connectivity index (χ3n) is 6.81. The summed E-state index contributed by atoms with van der Waals surface area (Å²) in [5.74, 6) is -0.230. The highest BCUT2D eigenvalue weighted by molar-refractivity contribution is 6.00. The molecule has 4 rings (SSSR count). The van der Waals surface area contributed by atoms with Crippen LogP contribution in [0.25, 0.3) is 0 Å². The summed E-state index contributed by atoms with van der Waals surface area (Å²) in [5.41, 5.74) is 4.49. The summed E-state index contributed by atoms with van der Waals surface area (Å²) in [4.78, 5) is 31.9. The van der Waals surface area contributed by atoms with Gasteiger partial charge in [-0.1, -0.05) is 30.3 Å². The van der Waals surface area contributed by atoms with Crippen LogP contribution in [-0.4, -0.2) is 62.5 Å². The predicted octanol–water partition coefficient (Wildman–Crippen LogP) is 2.98. The van der Waals surface area contributed by atoms with Crippen LogP contribution in [0.3, 0.4) is 0 Å². The van der Waals surface area contributed by atoms with Crippen molar-refractivity contribution in [3.63, 3.8) is 0 Å². The number of aryl methyl sites for hydroxylation is 1. The number of carbonyl (C=O) groups excluding carboxylic acids is 2. The van der Waals surface area contributed by atoms with Gasteiger partial charge >= 0.3 is 0 Å². The van der Waals surface area contributed by atoms with Crippen LogP contribution in [0.2, 0.25) is 0 Å². The van der Waals surface area contributed by atoms with Crippen LogP contribution in [0.5, 0.6) is 0 Å². The van der Waals surface area contributed by atoms with Gasteiger partial charge in [-0.15, -0.1) is 0 Å². The van der Waals surface area contributed by atoms with Gasteiger partial charge in [0.2, 0.25) is 11.8 Å². The van der Waals surface area contributed by atoms with Crippen molar-refractivity contribution >= 4 is 23.2 Å². The molecule has 0 aliphatic carbocycles. The fraction of sp³-hybridized carbons (Fsp3) is 0.462. The lowest BCUT2D eigenvalue weighted by Gasteiger charge is -2.36. The fourth-order valence-corrected chi connectivity index (χ4v) is 4.67. The highest BCUT2D eigenvalue weighted by atomic mass is 16.2. The summed E-state index contributed by atoms with van der Waals surface area (Å²) in [6, 6.07) is 16.5. The number of anilines is 2. The van der Waals surface area contributed by atoms with E-state index >= 15 is 0 Å². The average Bonchev–Trinajstić information content (AvgIpc) is 3.21. The molecule has 2 heterocycles. The van der Waals surface area contributed by atoms with Crippen molar-refractivity contribution in [2.24, 2.45) is 5.92 Å². The molecule has 1 atom stereocenters. The van der Waals surface area contributed by atoms with Gasteiger partial charge in [0.15, 0.2) is 0 Å². The number of piperazine rings is 1. The predicted molar refractivity (Wildman–Crippen MR) is 129 cm³/mol. The van der Waals surface area contributed by atoms with Gasteiger partial charge in [-0.05, 0) is 56.1 Å². The number of carbonyl (C=O) groups is 2. The first-order chi connectivity index (χ1) is 15.5. The largest absolute Gasteiger partial charge is 0.369 e. The van der Waals surface area contributed by atoms with Crippen molar-refractivity contribution in [1.82, 2.24) is 10.2 Å². The fourth-order valence-electron chi connectivity index (χ4n) is 4.67. The summed E-state index contributed by atoms with van der Waals surface area (Å²) >= 11 is 0. The van der Waals surface area contributed by atoms with E-state index in [-0.39, 0.29) is 17.7 Å². The second-order valence-corrected chi connectivity index (χ2v) is 8.93. The van der Waals surface area contributed by atoms with Crippen LogP contribution >= 0.6 is 0 Å². The van der Waals surface area contributed by atoms with Crippen molar-refractivity contribution in [1.29, 1.82) is 0 Å². The van der Waals surface area contributed by atoms with E-state index in [0.29, 0.717) is 19.5 Å². The zero-order valence-corrected chi connectivity index (χ0v) is 19.2. The van der Waals surface area contributed by atoms with Gasteiger partial charge in [0.05, 0.1) is 5.92 Å². The van der Waals surface area contributed by atoms with Crippen molar-refractivity contribution < 1.29 is 9.59 Å². The SMILES string of the molecule is Cc1cccc(N2CC(C(=O)NCCCN3CCN(c4ccccc4)CC3)CC2=O)c1C. The van der Waals surface area contributed by atoms with E-state index in [1.165, 1.54) is 5.69 Å². The maximum atomic E-state index is 12.7. The quantitative estimate of drug-likeness (QED) is 0.681. The first-order valence-electron chi connectivity index (χ1n) is 11.7. The van der Waals surface area contributed by atoms with Gasteiger partial charge in [-0.2, -0.15) is 0 Å². The van der Waals surface area contributed by atoms with E-state index in [9.17, 15) is 9.59 Å². The van der Waals surface area contributed by atoms with Crippen molar-refractivity contribution in [2.75, 3.05) is 55.6 Å². The highest BCUT2D eigenvalue weighted by Gasteiger charge is 2.35. The molecule has 2 fully saturated rings. The molecule has 0 saturated carbocycles. The normalized spacial score (nSPS) is 19.4. The van der Waals surface area contributed by atoms with Gasteiger partial charge in [-0.3, -0.25) is 14.5 Å². The summed E-state index contributed by atoms with van der Waals surface area (Å²) in [7, 11) is 0. The smallest absolute Gasteiger partial charge is 0.227 e. The highest BCUT2D eigenvalue weighted by Crippen LogP contribution is 2.29. The van der Waals surface area contributed by atoms with Crippen molar-refractivity contribution in [2.45, 2.75) is 26.7 Å². The Balaban J connectivity index is 1.17. The lowest BCUT2D eigenvalue weighted by Crippen LogP contribution is -2.47. The Bertz CT molecular complexity index is 938. The molecule has 32 heavy (non-hydrogen) atoms. The zero-order valence-electron chi connectivity index (χ0n) is 19.2. The third kappa shape index (κ3) is 5.13. The van der Waals surface area contributed by atoms with E-state index < -0.39 is 0 Å². The number of hydrogen-bond acceptors (Lipinski definition) is 4. The van der Waals surface area contributed by atoms with Crippen molar-refractivity contribution in [3.8, 4) is 0 Å². The molecule has 0 aromatic heterocycles. The zero-order chi connectivity index (χ0) is 22.5. The van der Waals surface area contributed by atoms with Crippen LogP contribution in [-0.2, 0) is 9.59 Å². The summed E-state index contributed by atoms with van der Waals surface area (Å²) < 4.78 is 0. The number of nitrogens with one attached hydrogen (secondary N) is 1. The minimum Gasteiger partial charge on any atom is -0.369 e. The van der Waals surface area contributed by atoms with E-state index in [1.54, 1.807) is 4.90 Å². The molecule has 1 N–H and O–H groups in total. The molecule has 170 valence electrons. The first-order valence-corrected chi connectivity index (χ1v) is 11.7. The molecule has 0 spiro atoms. The second-order valence-electron chi connectivity index (χ2n) is 8.93. The standard InChI is InChI=1S/C26H34N4O2/c1-20-8-6-11-24(21(20)2)30-19-22(18-25(30)31)26(32)27-12-7-13-28-14-16-29(17-15-28)23-9-4-3-5-10-23/h3-6,8-11,22H,7,12-19H2,1-2H3,(H,27,32). The summed E-state index contributed by atoms with van der Waals surface area (Å²) in [6.45, 7) is 10.4. The van der Waals surface area contributed by atoms with Gasteiger partial charge in [0.1, 0.15) is 0 Å². The Hall–Kier alpha value is -2.86. The van der Waals surface area contributed by atoms with E-state index in [4.69, 9.17) is 0 Å². The Labute approximate surface area is 191 Å². The molecule has 2 aliphatic heterocycles. The maximum absolute atomic E-state index is 12.7. The molecule has 1 unspecified atom stereocenters. The minimum absolute atomic E-state index is 0.0000491. The molecular formula is C26H34N4O2. The number of para-hydroxylation sites is 1. The van der Waals surface area contributed by atoms with Gasteiger partial charge in [0, 0.05) is 57.1 Å². The molecule has 2 saturated heterocycles. The van der Waals surface area contributed by atoms with Crippen LogP contribution in [0.15, 0.2) is 48.5 Å². The van der Waals surface area contributed by atoms with Crippen LogP contribution in [0.4, 0.5) is 11.4 Å². The second kappa shape index (κ2) is 10.2. The Morgan fingerprint density at radius 2 is 1.75 bits per heavy atom. The molecule has 2 aromatic carbocycles. The lowest BCUT2D eigenvalue weighted by molar-refractivity contribution is -0.126. The van der Waals surface area contributed by atoms with E-state index in [2.05, 4.69) is 45.4 Å². The van der Waals surface area contributed by atoms with E-state index in [1.807, 2.05) is 32.0 Å². The first kappa shape index (κ1) is 22.3. The Morgan fingerprint density at radius 3 is 2.50 bits per heavy atom. The number of rotatable bonds is 7. The minimum atomic E-state index is -0.267. The molecule has 2 aliphatic rings. The monoisotopic (exact) mass is 434 g/mol.